The number of methoxy groups -OCH3 is 2. The lowest BCUT2D eigenvalue weighted by molar-refractivity contribution is -0.112. The van der Waals surface area contributed by atoms with Crippen molar-refractivity contribution in [2.75, 3.05) is 20.8 Å². The van der Waals surface area contributed by atoms with Crippen molar-refractivity contribution in [2.24, 2.45) is 0 Å². The van der Waals surface area contributed by atoms with Crippen molar-refractivity contribution < 1.29 is 34.7 Å². The van der Waals surface area contributed by atoms with E-state index in [0.717, 1.165) is 5.56 Å². The van der Waals surface area contributed by atoms with E-state index in [1.54, 1.807) is 14.2 Å². The first-order valence-electron chi connectivity index (χ1n) is 9.37. The van der Waals surface area contributed by atoms with Crippen molar-refractivity contribution in [1.29, 1.82) is 0 Å². The first-order valence-corrected chi connectivity index (χ1v) is 9.37. The van der Waals surface area contributed by atoms with Crippen molar-refractivity contribution in [1.82, 2.24) is 0 Å². The van der Waals surface area contributed by atoms with Crippen LogP contribution >= 0.6 is 0 Å². The Labute approximate surface area is 170 Å². The van der Waals surface area contributed by atoms with E-state index in [2.05, 4.69) is 0 Å². The molecule has 0 saturated carbocycles. The predicted molar refractivity (Wildman–Crippen MR) is 108 cm³/mol. The van der Waals surface area contributed by atoms with Crippen LogP contribution in [0.4, 0.5) is 0 Å². The fourth-order valence-electron chi connectivity index (χ4n) is 3.15. The summed E-state index contributed by atoms with van der Waals surface area (Å²) in [5, 5.41) is 38.7. The van der Waals surface area contributed by atoms with Crippen LogP contribution in [0.3, 0.4) is 0 Å². The molecule has 1 aromatic rings. The number of carbonyl (C=O) groups excluding carboxylic acids is 1. The van der Waals surface area contributed by atoms with Gasteiger partial charge in [0.05, 0.1) is 20.8 Å². The highest BCUT2D eigenvalue weighted by Gasteiger charge is 2.36. The molecule has 0 spiro atoms. The van der Waals surface area contributed by atoms with E-state index in [0.29, 0.717) is 30.8 Å². The molecule has 4 N–H and O–H groups in total. The smallest absolute Gasteiger partial charge is 0.184 e. The van der Waals surface area contributed by atoms with E-state index in [1.807, 2.05) is 18.2 Å². The van der Waals surface area contributed by atoms with Crippen molar-refractivity contribution in [3.05, 3.63) is 59.7 Å². The molecular formula is C22H28O7. The number of hydrogen-bond donors (Lipinski definition) is 4. The van der Waals surface area contributed by atoms with E-state index in [9.17, 15) is 20.1 Å². The Bertz CT molecular complexity index is 796. The summed E-state index contributed by atoms with van der Waals surface area (Å²) in [5.74, 6) is 0.971. The summed E-state index contributed by atoms with van der Waals surface area (Å²) < 4.78 is 10.5. The predicted octanol–water partition coefficient (Wildman–Crippen LogP) is 1.09. The van der Waals surface area contributed by atoms with Gasteiger partial charge in [-0.05, 0) is 49.1 Å². The van der Waals surface area contributed by atoms with Gasteiger partial charge < -0.3 is 29.9 Å². The first-order chi connectivity index (χ1) is 13.8. The van der Waals surface area contributed by atoms with Crippen LogP contribution < -0.4 is 9.47 Å². The lowest BCUT2D eigenvalue weighted by Gasteiger charge is -2.22. The van der Waals surface area contributed by atoms with E-state index in [4.69, 9.17) is 14.6 Å². The maximum absolute atomic E-state index is 12.1. The Morgan fingerprint density at radius 1 is 1.17 bits per heavy atom. The van der Waals surface area contributed by atoms with Crippen LogP contribution in [0.5, 0.6) is 11.5 Å². The van der Waals surface area contributed by atoms with E-state index < -0.39 is 24.4 Å². The summed E-state index contributed by atoms with van der Waals surface area (Å²) >= 11 is 0. The Kier molecular flexibility index (Phi) is 8.16. The number of ketones is 1. The van der Waals surface area contributed by atoms with Crippen LogP contribution in [0.25, 0.3) is 0 Å². The molecule has 0 saturated heterocycles. The van der Waals surface area contributed by atoms with Crippen LogP contribution in [-0.4, -0.2) is 64.8 Å². The number of aliphatic hydroxyl groups is 4. The lowest BCUT2D eigenvalue weighted by Crippen LogP contribution is -2.28. The lowest BCUT2D eigenvalue weighted by atomic mass is 9.89. The fraction of sp³-hybridized carbons (Fsp3) is 0.409. The zero-order chi connectivity index (χ0) is 21.4. The summed E-state index contributed by atoms with van der Waals surface area (Å²) in [7, 11) is 3.14. The van der Waals surface area contributed by atoms with E-state index in [1.165, 1.54) is 30.4 Å². The Balaban J connectivity index is 2.03. The maximum atomic E-state index is 12.1. The molecular weight excluding hydrogens is 376 g/mol. The minimum absolute atomic E-state index is 0.201. The zero-order valence-electron chi connectivity index (χ0n) is 16.6. The molecule has 0 bridgehead atoms. The highest BCUT2D eigenvalue weighted by atomic mass is 16.5. The third-order valence-corrected chi connectivity index (χ3v) is 4.87. The maximum Gasteiger partial charge on any atom is 0.184 e. The molecule has 3 atom stereocenters. The molecule has 0 heterocycles. The molecule has 158 valence electrons. The Morgan fingerprint density at radius 3 is 2.55 bits per heavy atom. The normalized spacial score (nSPS) is 22.4. The molecule has 0 aromatic heterocycles. The summed E-state index contributed by atoms with van der Waals surface area (Å²) in [6.45, 7) is -0.581. The van der Waals surface area contributed by atoms with Crippen LogP contribution in [0.15, 0.2) is 54.2 Å². The van der Waals surface area contributed by atoms with Gasteiger partial charge in [-0.15, -0.1) is 0 Å². The number of hydrogen-bond acceptors (Lipinski definition) is 7. The molecule has 0 aliphatic heterocycles. The molecule has 7 nitrogen and oxygen atoms in total. The summed E-state index contributed by atoms with van der Waals surface area (Å²) in [6, 6.07) is 5.63. The molecule has 0 amide bonds. The van der Waals surface area contributed by atoms with Crippen molar-refractivity contribution in [3.63, 3.8) is 0 Å². The minimum Gasteiger partial charge on any atom is -0.493 e. The molecule has 7 heteroatoms. The van der Waals surface area contributed by atoms with Crippen LogP contribution in [0.2, 0.25) is 0 Å². The summed E-state index contributed by atoms with van der Waals surface area (Å²) in [6.07, 6.45) is 5.94. The highest BCUT2D eigenvalue weighted by Crippen LogP contribution is 2.33. The summed E-state index contributed by atoms with van der Waals surface area (Å²) in [5.41, 5.74) is -0.170. The molecule has 1 aliphatic carbocycles. The number of carbonyl (C=O) groups is 1. The van der Waals surface area contributed by atoms with Crippen molar-refractivity contribution in [2.45, 2.75) is 37.1 Å². The molecule has 0 radical (unpaired) electrons. The number of allylic oxidation sites excluding steroid dienone is 3. The molecule has 2 rings (SSSR count). The fourth-order valence-corrected chi connectivity index (χ4v) is 3.15. The average molecular weight is 404 g/mol. The quantitative estimate of drug-likeness (QED) is 0.432. The second-order valence-corrected chi connectivity index (χ2v) is 6.87. The van der Waals surface area contributed by atoms with Gasteiger partial charge in [-0.1, -0.05) is 24.3 Å². The number of benzene rings is 1. The number of ether oxygens (including phenoxy) is 2. The second kappa shape index (κ2) is 10.4. The average Bonchev–Trinajstić information content (AvgIpc) is 3.01. The van der Waals surface area contributed by atoms with Crippen LogP contribution in [0.1, 0.15) is 18.4 Å². The highest BCUT2D eigenvalue weighted by molar-refractivity contribution is 6.09. The Hall–Kier alpha value is -2.45. The molecule has 1 aromatic carbocycles. The monoisotopic (exact) mass is 404 g/mol. The van der Waals surface area contributed by atoms with Crippen molar-refractivity contribution in [3.8, 4) is 11.5 Å². The van der Waals surface area contributed by atoms with Crippen LogP contribution in [0, 0.1) is 0 Å². The van der Waals surface area contributed by atoms with Crippen molar-refractivity contribution >= 4 is 5.78 Å². The Morgan fingerprint density at radius 2 is 1.90 bits per heavy atom. The SMILES string of the molecule is COc1ccc(CCCC2(O)C=CC(=O)C2=CC=CC(O)C(O)CO)cc1OC. The topological polar surface area (TPSA) is 116 Å². The molecule has 29 heavy (non-hydrogen) atoms. The molecule has 1 aliphatic rings. The molecule has 3 unspecified atom stereocenters. The third-order valence-electron chi connectivity index (χ3n) is 4.87. The van der Waals surface area contributed by atoms with Gasteiger partial charge >= 0.3 is 0 Å². The second-order valence-electron chi connectivity index (χ2n) is 6.87. The van der Waals surface area contributed by atoms with Crippen LogP contribution in [-0.2, 0) is 11.2 Å². The number of rotatable bonds is 10. The van der Waals surface area contributed by atoms with Gasteiger partial charge in [-0.2, -0.15) is 0 Å². The van der Waals surface area contributed by atoms with Gasteiger partial charge in [0.15, 0.2) is 17.3 Å². The van der Waals surface area contributed by atoms with Gasteiger partial charge in [-0.3, -0.25) is 4.79 Å². The standard InChI is InChI=1S/C22H28O7/c1-28-20-9-8-15(13-21(20)29-2)5-4-11-22(27)12-10-17(24)16(22)6-3-7-18(25)19(26)14-23/h3,6-10,12-13,18-19,23,25-27H,4-5,11,14H2,1-2H3. The zero-order valence-corrected chi connectivity index (χ0v) is 16.6. The van der Waals surface area contributed by atoms with Gasteiger partial charge in [0.25, 0.3) is 0 Å². The minimum atomic E-state index is -1.39. The van der Waals surface area contributed by atoms with Gasteiger partial charge in [0.2, 0.25) is 0 Å². The first kappa shape index (κ1) is 22.8. The van der Waals surface area contributed by atoms with Gasteiger partial charge in [0.1, 0.15) is 17.8 Å². The van der Waals surface area contributed by atoms with E-state index >= 15 is 0 Å². The third kappa shape index (κ3) is 5.77. The largest absolute Gasteiger partial charge is 0.493 e. The number of aryl methyl sites for hydroxylation is 1. The van der Waals surface area contributed by atoms with Gasteiger partial charge in [0, 0.05) is 5.57 Å². The number of aliphatic hydroxyl groups excluding tert-OH is 3. The van der Waals surface area contributed by atoms with Gasteiger partial charge in [-0.25, -0.2) is 0 Å². The van der Waals surface area contributed by atoms with E-state index in [-0.39, 0.29) is 11.4 Å². The molecule has 0 fully saturated rings. The summed E-state index contributed by atoms with van der Waals surface area (Å²) in [4.78, 5) is 12.1.